The first kappa shape index (κ1) is 20.4. The van der Waals surface area contributed by atoms with Crippen molar-refractivity contribution in [2.75, 3.05) is 12.0 Å². The number of benzene rings is 3. The standard InChI is InChI=1S/C24H18N4O5/c1-32-16-12-10-15(11-13-16)21-14-22(26-33-21)27-19-8-4-2-6-17(19)23(24(27)29)25-18-7-3-5-9-20(18)28(30)31/h2-14,21,26H,1H3. The Morgan fingerprint density at radius 2 is 1.79 bits per heavy atom. The van der Waals surface area contributed by atoms with E-state index in [2.05, 4.69) is 10.5 Å². The number of nitrogens with one attached hydrogen (secondary N) is 1. The number of nitro groups is 1. The van der Waals surface area contributed by atoms with Crippen LogP contribution in [0.5, 0.6) is 5.75 Å². The fraction of sp³-hybridized carbons (Fsp3) is 0.0833. The van der Waals surface area contributed by atoms with Gasteiger partial charge in [-0.1, -0.05) is 42.5 Å². The van der Waals surface area contributed by atoms with Crippen molar-refractivity contribution >= 4 is 28.7 Å². The minimum atomic E-state index is -0.517. The maximum absolute atomic E-state index is 13.4. The summed E-state index contributed by atoms with van der Waals surface area (Å²) in [5.74, 6) is 0.765. The minimum Gasteiger partial charge on any atom is -0.497 e. The molecule has 0 aromatic heterocycles. The third-order valence-electron chi connectivity index (χ3n) is 5.40. The Balaban J connectivity index is 1.53. The molecule has 0 spiro atoms. The summed E-state index contributed by atoms with van der Waals surface area (Å²) in [6.07, 6.45) is 1.38. The van der Waals surface area contributed by atoms with Crippen molar-refractivity contribution in [1.82, 2.24) is 5.48 Å². The summed E-state index contributed by atoms with van der Waals surface area (Å²) in [5, 5.41) is 11.4. The number of hydroxylamine groups is 1. The first-order chi connectivity index (χ1) is 16.1. The lowest BCUT2D eigenvalue weighted by molar-refractivity contribution is -0.384. The third kappa shape index (κ3) is 3.60. The lowest BCUT2D eigenvalue weighted by atomic mass is 10.1. The summed E-state index contributed by atoms with van der Waals surface area (Å²) in [5.41, 5.74) is 4.97. The molecule has 9 heteroatoms. The molecule has 164 valence electrons. The van der Waals surface area contributed by atoms with Crippen molar-refractivity contribution in [2.24, 2.45) is 4.99 Å². The largest absolute Gasteiger partial charge is 0.497 e. The van der Waals surface area contributed by atoms with E-state index in [1.54, 1.807) is 43.5 Å². The number of aliphatic imine (C=N–C) groups is 1. The van der Waals surface area contributed by atoms with Crippen LogP contribution < -0.4 is 15.1 Å². The van der Waals surface area contributed by atoms with Gasteiger partial charge in [0.05, 0.1) is 17.7 Å². The Bertz CT molecular complexity index is 1320. The summed E-state index contributed by atoms with van der Waals surface area (Å²) in [4.78, 5) is 35.9. The second-order valence-electron chi connectivity index (χ2n) is 7.33. The van der Waals surface area contributed by atoms with Gasteiger partial charge in [0.25, 0.3) is 11.6 Å². The van der Waals surface area contributed by atoms with E-state index in [1.807, 2.05) is 30.3 Å². The molecule has 1 N–H and O–H groups in total. The zero-order chi connectivity index (χ0) is 22.9. The average Bonchev–Trinajstić information content (AvgIpc) is 3.42. The number of nitro benzene ring substituents is 1. The average molecular weight is 442 g/mol. The Morgan fingerprint density at radius 1 is 1.06 bits per heavy atom. The fourth-order valence-electron chi connectivity index (χ4n) is 3.79. The van der Waals surface area contributed by atoms with Gasteiger partial charge in [0.15, 0.2) is 0 Å². The predicted octanol–water partition coefficient (Wildman–Crippen LogP) is 4.19. The number of hydrogen-bond acceptors (Lipinski definition) is 7. The number of carbonyl (C=O) groups is 1. The summed E-state index contributed by atoms with van der Waals surface area (Å²) in [6, 6.07) is 20.6. The van der Waals surface area contributed by atoms with E-state index in [4.69, 9.17) is 9.57 Å². The van der Waals surface area contributed by atoms with Gasteiger partial charge in [0, 0.05) is 11.6 Å². The molecule has 1 atom stereocenters. The second-order valence-corrected chi connectivity index (χ2v) is 7.33. The number of anilines is 1. The van der Waals surface area contributed by atoms with E-state index in [0.29, 0.717) is 17.1 Å². The van der Waals surface area contributed by atoms with Gasteiger partial charge in [-0.15, -0.1) is 0 Å². The van der Waals surface area contributed by atoms with Gasteiger partial charge >= 0.3 is 0 Å². The molecule has 1 amide bonds. The molecular weight excluding hydrogens is 424 g/mol. The minimum absolute atomic E-state index is 0.114. The van der Waals surface area contributed by atoms with Crippen molar-refractivity contribution in [3.63, 3.8) is 0 Å². The van der Waals surface area contributed by atoms with Gasteiger partial charge in [-0.05, 0) is 35.9 Å². The highest BCUT2D eigenvalue weighted by Crippen LogP contribution is 2.37. The molecular formula is C24H18N4O5. The number of rotatable bonds is 5. The van der Waals surface area contributed by atoms with Crippen LogP contribution >= 0.6 is 0 Å². The molecule has 0 aliphatic carbocycles. The number of nitrogens with zero attached hydrogens (tertiary/aromatic N) is 3. The molecule has 1 unspecified atom stereocenters. The molecule has 3 aromatic rings. The zero-order valence-corrected chi connectivity index (χ0v) is 17.5. The zero-order valence-electron chi connectivity index (χ0n) is 17.5. The number of fused-ring (bicyclic) bond motifs is 1. The summed E-state index contributed by atoms with van der Waals surface area (Å²) in [6.45, 7) is 0. The highest BCUT2D eigenvalue weighted by Gasteiger charge is 2.38. The molecule has 9 nitrogen and oxygen atoms in total. The lowest BCUT2D eigenvalue weighted by Gasteiger charge is -2.17. The molecule has 0 radical (unpaired) electrons. The number of methoxy groups -OCH3 is 1. The highest BCUT2D eigenvalue weighted by atomic mass is 16.7. The summed E-state index contributed by atoms with van der Waals surface area (Å²) < 4.78 is 5.19. The van der Waals surface area contributed by atoms with Crippen LogP contribution in [0.4, 0.5) is 17.1 Å². The maximum atomic E-state index is 13.4. The van der Waals surface area contributed by atoms with Gasteiger partial charge in [-0.25, -0.2) is 10.5 Å². The van der Waals surface area contributed by atoms with Crippen LogP contribution in [0.2, 0.25) is 0 Å². The molecule has 0 saturated carbocycles. The van der Waals surface area contributed by atoms with Crippen LogP contribution in [0.15, 0.2) is 89.7 Å². The first-order valence-corrected chi connectivity index (χ1v) is 10.1. The Hall–Kier alpha value is -4.50. The number of para-hydroxylation sites is 3. The van der Waals surface area contributed by atoms with E-state index in [9.17, 15) is 14.9 Å². The molecule has 3 aromatic carbocycles. The Kier molecular flexibility index (Phi) is 5.08. The molecule has 0 bridgehead atoms. The predicted molar refractivity (Wildman–Crippen MR) is 121 cm³/mol. The van der Waals surface area contributed by atoms with Crippen LogP contribution in [-0.4, -0.2) is 23.7 Å². The third-order valence-corrected chi connectivity index (χ3v) is 5.40. The Morgan fingerprint density at radius 3 is 2.55 bits per heavy atom. The van der Waals surface area contributed by atoms with Crippen molar-refractivity contribution in [2.45, 2.75) is 6.10 Å². The normalized spacial score (nSPS) is 18.2. The molecule has 0 fully saturated rings. The van der Waals surface area contributed by atoms with Crippen molar-refractivity contribution < 1.29 is 19.3 Å². The van der Waals surface area contributed by atoms with Crippen LogP contribution in [0.25, 0.3) is 0 Å². The molecule has 2 aliphatic rings. The van der Waals surface area contributed by atoms with Crippen LogP contribution in [0.3, 0.4) is 0 Å². The van der Waals surface area contributed by atoms with Crippen LogP contribution in [-0.2, 0) is 9.63 Å². The second kappa shape index (κ2) is 8.21. The molecule has 33 heavy (non-hydrogen) atoms. The SMILES string of the molecule is COc1ccc(C2C=C(N3C(=O)C(=Nc4ccccc4[N+](=O)[O-])c4ccccc43)NO2)cc1. The van der Waals surface area contributed by atoms with E-state index in [0.717, 1.165) is 11.3 Å². The van der Waals surface area contributed by atoms with Crippen molar-refractivity contribution in [3.05, 3.63) is 106 Å². The van der Waals surface area contributed by atoms with E-state index >= 15 is 0 Å². The highest BCUT2D eigenvalue weighted by molar-refractivity contribution is 6.55. The smallest absolute Gasteiger partial charge is 0.294 e. The molecule has 0 saturated heterocycles. The monoisotopic (exact) mass is 442 g/mol. The number of ether oxygens (including phenoxy) is 1. The molecule has 5 rings (SSSR count). The van der Waals surface area contributed by atoms with Crippen molar-refractivity contribution in [3.8, 4) is 5.75 Å². The fourth-order valence-corrected chi connectivity index (χ4v) is 3.79. The quantitative estimate of drug-likeness (QED) is 0.469. The maximum Gasteiger partial charge on any atom is 0.294 e. The van der Waals surface area contributed by atoms with Gasteiger partial charge in [-0.3, -0.25) is 24.6 Å². The van der Waals surface area contributed by atoms with Gasteiger partial charge in [0.2, 0.25) is 0 Å². The molecule has 2 heterocycles. The van der Waals surface area contributed by atoms with Gasteiger partial charge in [0.1, 0.15) is 29.1 Å². The first-order valence-electron chi connectivity index (χ1n) is 10.1. The number of hydrogen-bond donors (Lipinski definition) is 1. The van der Waals surface area contributed by atoms with Crippen LogP contribution in [0.1, 0.15) is 17.2 Å². The lowest BCUT2D eigenvalue weighted by Crippen LogP contribution is -2.33. The van der Waals surface area contributed by atoms with Crippen LogP contribution in [0, 0.1) is 10.1 Å². The topological polar surface area (TPSA) is 106 Å². The van der Waals surface area contributed by atoms with E-state index in [-0.39, 0.29) is 17.1 Å². The van der Waals surface area contributed by atoms with Gasteiger partial charge in [-0.2, -0.15) is 0 Å². The summed E-state index contributed by atoms with van der Waals surface area (Å²) >= 11 is 0. The summed E-state index contributed by atoms with van der Waals surface area (Å²) in [7, 11) is 1.60. The Labute approximate surface area is 188 Å². The molecule has 2 aliphatic heterocycles. The van der Waals surface area contributed by atoms with E-state index in [1.165, 1.54) is 17.0 Å². The number of carbonyl (C=O) groups excluding carboxylic acids is 1. The van der Waals surface area contributed by atoms with Crippen molar-refractivity contribution in [1.29, 1.82) is 0 Å². The van der Waals surface area contributed by atoms with Gasteiger partial charge < -0.3 is 4.74 Å². The van der Waals surface area contributed by atoms with E-state index < -0.39 is 16.9 Å². The number of amides is 1.